The first-order valence-corrected chi connectivity index (χ1v) is 6.18. The van der Waals surface area contributed by atoms with Gasteiger partial charge in [-0.05, 0) is 6.42 Å². The van der Waals surface area contributed by atoms with Gasteiger partial charge in [-0.2, -0.15) is 0 Å². The summed E-state index contributed by atoms with van der Waals surface area (Å²) >= 11 is 0. The Kier molecular flexibility index (Phi) is 3.51. The minimum Gasteiger partial charge on any atom is -0.480 e. The van der Waals surface area contributed by atoms with E-state index in [0.717, 1.165) is 0 Å². The van der Waals surface area contributed by atoms with E-state index in [2.05, 4.69) is 10.6 Å². The lowest BCUT2D eigenvalue weighted by Crippen LogP contribution is -2.44. The Bertz CT molecular complexity index is 364. The second-order valence-electron chi connectivity index (χ2n) is 3.32. The van der Waals surface area contributed by atoms with Gasteiger partial charge >= 0.3 is 12.0 Å². The Hall–Kier alpha value is -1.31. The molecule has 3 N–H and O–H groups in total. The van der Waals surface area contributed by atoms with Crippen LogP contribution in [0.2, 0.25) is 0 Å². The van der Waals surface area contributed by atoms with Gasteiger partial charge in [0.25, 0.3) is 0 Å². The molecule has 1 fully saturated rings. The van der Waals surface area contributed by atoms with Crippen molar-refractivity contribution in [2.75, 3.05) is 18.1 Å². The normalized spacial score (nSPS) is 23.3. The summed E-state index contributed by atoms with van der Waals surface area (Å²) in [5.41, 5.74) is 0. The van der Waals surface area contributed by atoms with Gasteiger partial charge in [-0.15, -0.1) is 0 Å². The molecule has 7 nitrogen and oxygen atoms in total. The highest BCUT2D eigenvalue weighted by atomic mass is 32.2. The zero-order chi connectivity index (χ0) is 11.5. The SMILES string of the molecule is O=C(O)CNC(=O)NC1CCS(=O)(=O)C1. The summed E-state index contributed by atoms with van der Waals surface area (Å²) in [7, 11) is -3.03. The highest BCUT2D eigenvalue weighted by molar-refractivity contribution is 7.91. The fourth-order valence-electron chi connectivity index (χ4n) is 1.30. The molecule has 1 rings (SSSR count). The largest absolute Gasteiger partial charge is 0.480 e. The van der Waals surface area contributed by atoms with E-state index in [0.29, 0.717) is 6.42 Å². The summed E-state index contributed by atoms with van der Waals surface area (Å²) in [6.45, 7) is -0.481. The number of nitrogens with one attached hydrogen (secondary N) is 2. The zero-order valence-electron chi connectivity index (χ0n) is 7.89. The van der Waals surface area contributed by atoms with Crippen LogP contribution < -0.4 is 10.6 Å². The van der Waals surface area contributed by atoms with Crippen molar-refractivity contribution in [2.24, 2.45) is 0 Å². The van der Waals surface area contributed by atoms with E-state index in [1.54, 1.807) is 0 Å². The lowest BCUT2D eigenvalue weighted by atomic mass is 10.3. The average molecular weight is 236 g/mol. The third-order valence-electron chi connectivity index (χ3n) is 1.97. The third-order valence-corrected chi connectivity index (χ3v) is 3.74. The van der Waals surface area contributed by atoms with Crippen LogP contribution >= 0.6 is 0 Å². The number of rotatable bonds is 3. The van der Waals surface area contributed by atoms with Crippen LogP contribution in [0, 0.1) is 0 Å². The fraction of sp³-hybridized carbons (Fsp3) is 0.714. The van der Waals surface area contributed by atoms with Gasteiger partial charge in [-0.25, -0.2) is 13.2 Å². The second-order valence-corrected chi connectivity index (χ2v) is 5.55. The molecule has 2 amide bonds. The first kappa shape index (κ1) is 11.8. The maximum absolute atomic E-state index is 11.0. The van der Waals surface area contributed by atoms with E-state index < -0.39 is 34.4 Å². The molecule has 1 atom stereocenters. The number of aliphatic carboxylic acids is 1. The van der Waals surface area contributed by atoms with Crippen LogP contribution in [-0.4, -0.2) is 49.6 Å². The number of carbonyl (C=O) groups is 2. The molecule has 0 aromatic carbocycles. The van der Waals surface area contributed by atoms with Crippen molar-refractivity contribution in [3.8, 4) is 0 Å². The third kappa shape index (κ3) is 4.15. The molecular weight excluding hydrogens is 224 g/mol. The number of carboxylic acid groups (broad SMARTS) is 1. The monoisotopic (exact) mass is 236 g/mol. The summed E-state index contributed by atoms with van der Waals surface area (Å²) in [5, 5.41) is 12.8. The molecule has 1 aliphatic rings. The summed E-state index contributed by atoms with van der Waals surface area (Å²) in [4.78, 5) is 21.1. The molecule has 1 heterocycles. The van der Waals surface area contributed by atoms with E-state index in [-0.39, 0.29) is 11.5 Å². The molecule has 86 valence electrons. The number of carboxylic acids is 1. The van der Waals surface area contributed by atoms with E-state index >= 15 is 0 Å². The molecule has 0 spiro atoms. The Labute approximate surface area is 86.8 Å². The Morgan fingerprint density at radius 3 is 2.53 bits per heavy atom. The van der Waals surface area contributed by atoms with Crippen molar-refractivity contribution in [3.05, 3.63) is 0 Å². The van der Waals surface area contributed by atoms with Crippen LogP contribution in [0.4, 0.5) is 4.79 Å². The molecule has 15 heavy (non-hydrogen) atoms. The van der Waals surface area contributed by atoms with Crippen LogP contribution in [-0.2, 0) is 14.6 Å². The second kappa shape index (κ2) is 4.47. The Morgan fingerprint density at radius 2 is 2.07 bits per heavy atom. The minimum atomic E-state index is -3.03. The summed E-state index contributed by atoms with van der Waals surface area (Å²) in [5.74, 6) is -1.16. The maximum Gasteiger partial charge on any atom is 0.323 e. The summed E-state index contributed by atoms with van der Waals surface area (Å²) in [6, 6.07) is -1.07. The number of hydrogen-bond donors (Lipinski definition) is 3. The summed E-state index contributed by atoms with van der Waals surface area (Å²) < 4.78 is 22.0. The molecule has 0 saturated carbocycles. The number of sulfone groups is 1. The number of hydrogen-bond acceptors (Lipinski definition) is 4. The van der Waals surface area contributed by atoms with Gasteiger partial charge in [-0.1, -0.05) is 0 Å². The van der Waals surface area contributed by atoms with Crippen molar-refractivity contribution >= 4 is 21.8 Å². The molecule has 0 aromatic rings. The van der Waals surface area contributed by atoms with Gasteiger partial charge in [0, 0.05) is 6.04 Å². The highest BCUT2D eigenvalue weighted by Crippen LogP contribution is 2.10. The van der Waals surface area contributed by atoms with Gasteiger partial charge in [0.1, 0.15) is 6.54 Å². The van der Waals surface area contributed by atoms with Gasteiger partial charge < -0.3 is 15.7 Å². The predicted octanol–water partition coefficient (Wildman–Crippen LogP) is -1.44. The van der Waals surface area contributed by atoms with E-state index in [4.69, 9.17) is 5.11 Å². The van der Waals surface area contributed by atoms with Gasteiger partial charge in [0.2, 0.25) is 0 Å². The lowest BCUT2D eigenvalue weighted by molar-refractivity contribution is -0.135. The average Bonchev–Trinajstić information content (AvgIpc) is 2.42. The smallest absolute Gasteiger partial charge is 0.323 e. The van der Waals surface area contributed by atoms with Crippen molar-refractivity contribution in [3.63, 3.8) is 0 Å². The Balaban J connectivity index is 2.31. The van der Waals surface area contributed by atoms with Crippen LogP contribution in [0.15, 0.2) is 0 Å². The number of carbonyl (C=O) groups excluding carboxylic acids is 1. The molecule has 1 aliphatic heterocycles. The lowest BCUT2D eigenvalue weighted by Gasteiger charge is -2.10. The van der Waals surface area contributed by atoms with Crippen molar-refractivity contribution < 1.29 is 23.1 Å². The molecule has 8 heteroatoms. The topological polar surface area (TPSA) is 113 Å². The molecule has 1 unspecified atom stereocenters. The molecule has 0 bridgehead atoms. The van der Waals surface area contributed by atoms with Crippen LogP contribution in [0.3, 0.4) is 0 Å². The predicted molar refractivity (Wildman–Crippen MR) is 51.2 cm³/mol. The number of amides is 2. The standard InChI is InChI=1S/C7H12N2O5S/c10-6(11)3-8-7(12)9-5-1-2-15(13,14)4-5/h5H,1-4H2,(H,10,11)(H2,8,9,12). The molecule has 0 aliphatic carbocycles. The van der Waals surface area contributed by atoms with Gasteiger partial charge in [0.05, 0.1) is 11.5 Å². The molecular formula is C7H12N2O5S. The molecule has 0 radical (unpaired) electrons. The van der Waals surface area contributed by atoms with Crippen LogP contribution in [0.25, 0.3) is 0 Å². The van der Waals surface area contributed by atoms with Crippen molar-refractivity contribution in [2.45, 2.75) is 12.5 Å². The zero-order valence-corrected chi connectivity index (χ0v) is 8.71. The van der Waals surface area contributed by atoms with Crippen LogP contribution in [0.1, 0.15) is 6.42 Å². The molecule has 1 saturated heterocycles. The first-order valence-electron chi connectivity index (χ1n) is 4.35. The van der Waals surface area contributed by atoms with Crippen molar-refractivity contribution in [1.29, 1.82) is 0 Å². The van der Waals surface area contributed by atoms with Crippen LogP contribution in [0.5, 0.6) is 0 Å². The van der Waals surface area contributed by atoms with E-state index in [9.17, 15) is 18.0 Å². The highest BCUT2D eigenvalue weighted by Gasteiger charge is 2.28. The van der Waals surface area contributed by atoms with Gasteiger partial charge in [-0.3, -0.25) is 4.79 Å². The quantitative estimate of drug-likeness (QED) is 0.555. The molecule has 0 aromatic heterocycles. The number of urea groups is 1. The van der Waals surface area contributed by atoms with E-state index in [1.807, 2.05) is 0 Å². The van der Waals surface area contributed by atoms with E-state index in [1.165, 1.54) is 0 Å². The first-order chi connectivity index (χ1) is 6.89. The van der Waals surface area contributed by atoms with Gasteiger partial charge in [0.15, 0.2) is 9.84 Å². The fourth-order valence-corrected chi connectivity index (χ4v) is 2.97. The summed E-state index contributed by atoms with van der Waals surface area (Å²) in [6.07, 6.45) is 0.378. The van der Waals surface area contributed by atoms with Crippen molar-refractivity contribution in [1.82, 2.24) is 10.6 Å². The maximum atomic E-state index is 11.0. The minimum absolute atomic E-state index is 0.0663. The Morgan fingerprint density at radius 1 is 1.40 bits per heavy atom.